The minimum atomic E-state index is -5.77. The summed E-state index contributed by atoms with van der Waals surface area (Å²) in [7, 11) is -9.81. The fraction of sp³-hybridized carbons (Fsp3) is 0.111. The van der Waals surface area contributed by atoms with Gasteiger partial charge in [0.2, 0.25) is 0 Å². The van der Waals surface area contributed by atoms with E-state index in [9.17, 15) is 52.1 Å². The quantitative estimate of drug-likeness (QED) is 0.299. The van der Waals surface area contributed by atoms with E-state index in [1.165, 1.54) is 0 Å². The van der Waals surface area contributed by atoms with Crippen molar-refractivity contribution in [1.82, 2.24) is 0 Å². The van der Waals surface area contributed by atoms with Crippen LogP contribution in [-0.2, 0) is 32.8 Å². The van der Waals surface area contributed by atoms with Gasteiger partial charge in [-0.25, -0.2) is 17.6 Å². The second-order valence-corrected chi connectivity index (χ2v) is 9.54. The Morgan fingerprint density at radius 3 is 1.67 bits per heavy atom. The highest BCUT2D eigenvalue weighted by molar-refractivity contribution is 7.86. The molecule has 3 aromatic rings. The maximum atomic E-state index is 14.3. The zero-order valence-corrected chi connectivity index (χ0v) is 17.2. The lowest BCUT2D eigenvalue weighted by Crippen LogP contribution is -2.17. The third kappa shape index (κ3) is 4.66. The molecule has 3 aromatic carbocycles. The number of rotatable bonds is 4. The Morgan fingerprint density at radius 1 is 0.727 bits per heavy atom. The molecule has 0 bridgehead atoms. The molecule has 0 aromatic heterocycles. The van der Waals surface area contributed by atoms with Crippen LogP contribution in [0.4, 0.5) is 30.7 Å². The highest BCUT2D eigenvalue weighted by Gasteiger charge is 2.42. The van der Waals surface area contributed by atoms with Gasteiger partial charge in [-0.05, 0) is 40.6 Å². The minimum Gasteiger partial charge on any atom is -0.282 e. The third-order valence-electron chi connectivity index (χ3n) is 4.58. The number of hydrogen-bond donors (Lipinski definition) is 2. The number of alkyl halides is 3. The first kappa shape index (κ1) is 24.9. The predicted octanol–water partition coefficient (Wildman–Crippen LogP) is 4.50. The van der Waals surface area contributed by atoms with Gasteiger partial charge in [0.1, 0.15) is 5.56 Å². The van der Waals surface area contributed by atoms with Crippen LogP contribution in [0.2, 0.25) is 0 Å². The molecule has 0 radical (unpaired) electrons. The van der Waals surface area contributed by atoms with E-state index in [4.69, 9.17) is 4.55 Å². The average Bonchev–Trinajstić information content (AvgIpc) is 2.66. The van der Waals surface area contributed by atoms with Crippen molar-refractivity contribution in [1.29, 1.82) is 0 Å². The van der Waals surface area contributed by atoms with Crippen LogP contribution < -0.4 is 0 Å². The van der Waals surface area contributed by atoms with Crippen LogP contribution in [0.15, 0.2) is 40.1 Å². The van der Waals surface area contributed by atoms with Gasteiger partial charge in [0.25, 0.3) is 20.2 Å². The molecular weight excluding hydrogens is 509 g/mol. The van der Waals surface area contributed by atoms with Gasteiger partial charge in [0.15, 0.2) is 23.3 Å². The van der Waals surface area contributed by atoms with Crippen molar-refractivity contribution in [2.24, 2.45) is 0 Å². The third-order valence-corrected chi connectivity index (χ3v) is 6.27. The molecule has 0 unspecified atom stereocenters. The fourth-order valence-corrected chi connectivity index (χ4v) is 4.21. The molecule has 2 N–H and O–H groups in total. The van der Waals surface area contributed by atoms with Crippen molar-refractivity contribution in [3.05, 3.63) is 70.3 Å². The molecular formula is C18H9F7O6S2. The van der Waals surface area contributed by atoms with Crippen LogP contribution in [0, 0.1) is 23.3 Å². The normalized spacial score (nSPS) is 13.0. The first-order valence-corrected chi connectivity index (χ1v) is 11.2. The first-order valence-electron chi connectivity index (χ1n) is 8.36. The largest absolute Gasteiger partial charge is 0.422 e. The highest BCUT2D eigenvalue weighted by Crippen LogP contribution is 2.38. The number of fused-ring (bicyclic) bond motifs is 1. The summed E-state index contributed by atoms with van der Waals surface area (Å²) in [6.07, 6.45) is -6.97. The van der Waals surface area contributed by atoms with Crippen molar-refractivity contribution in [2.45, 2.75) is 22.4 Å². The predicted molar refractivity (Wildman–Crippen MR) is 97.7 cm³/mol. The van der Waals surface area contributed by atoms with Gasteiger partial charge >= 0.3 is 6.18 Å². The van der Waals surface area contributed by atoms with E-state index in [0.29, 0.717) is 6.07 Å². The van der Waals surface area contributed by atoms with Crippen LogP contribution in [0.25, 0.3) is 10.8 Å². The molecule has 3 rings (SSSR count). The molecule has 33 heavy (non-hydrogen) atoms. The van der Waals surface area contributed by atoms with Gasteiger partial charge in [-0.3, -0.25) is 9.11 Å². The van der Waals surface area contributed by atoms with Gasteiger partial charge in [-0.1, -0.05) is 6.07 Å². The van der Waals surface area contributed by atoms with E-state index in [0.717, 1.165) is 24.3 Å². The average molecular weight is 518 g/mol. The van der Waals surface area contributed by atoms with Crippen LogP contribution in [0.1, 0.15) is 16.7 Å². The van der Waals surface area contributed by atoms with Gasteiger partial charge in [0, 0.05) is 12.0 Å². The number of hydrogen-bond acceptors (Lipinski definition) is 4. The van der Waals surface area contributed by atoms with Crippen molar-refractivity contribution < 1.29 is 56.7 Å². The SMILES string of the molecule is O=S(=O)(O)c1ccc2c(Cc3c(F)c(F)c(C(F)(F)F)c(F)c3F)cc(S(=O)(=O)O)cc2c1. The molecule has 0 aliphatic carbocycles. The second-order valence-electron chi connectivity index (χ2n) is 6.70. The van der Waals surface area contributed by atoms with Crippen molar-refractivity contribution >= 4 is 31.0 Å². The van der Waals surface area contributed by atoms with E-state index in [2.05, 4.69) is 0 Å². The zero-order chi connectivity index (χ0) is 25.1. The molecule has 0 aliphatic rings. The van der Waals surface area contributed by atoms with Crippen molar-refractivity contribution in [2.75, 3.05) is 0 Å². The summed E-state index contributed by atoms with van der Waals surface area (Å²) in [5, 5.41) is -0.474. The minimum absolute atomic E-state index is 0.158. The molecule has 0 amide bonds. The Balaban J connectivity index is 2.33. The van der Waals surface area contributed by atoms with Gasteiger partial charge in [-0.2, -0.15) is 30.0 Å². The van der Waals surface area contributed by atoms with Crippen LogP contribution >= 0.6 is 0 Å². The van der Waals surface area contributed by atoms with Crippen LogP contribution in [0.3, 0.4) is 0 Å². The summed E-state index contributed by atoms with van der Waals surface area (Å²) in [5.41, 5.74) is -4.78. The molecule has 0 heterocycles. The maximum Gasteiger partial charge on any atom is 0.422 e. The van der Waals surface area contributed by atoms with E-state index in [-0.39, 0.29) is 10.8 Å². The molecule has 0 atom stereocenters. The molecule has 0 fully saturated rings. The molecule has 0 saturated carbocycles. The van der Waals surface area contributed by atoms with Gasteiger partial charge < -0.3 is 0 Å². The maximum absolute atomic E-state index is 14.3. The Labute approximate surface area is 180 Å². The van der Waals surface area contributed by atoms with Crippen molar-refractivity contribution in [3.63, 3.8) is 0 Å². The van der Waals surface area contributed by atoms with Crippen LogP contribution in [0.5, 0.6) is 0 Å². The van der Waals surface area contributed by atoms with E-state index in [1.807, 2.05) is 0 Å². The molecule has 15 heteroatoms. The molecule has 178 valence electrons. The smallest absolute Gasteiger partial charge is 0.282 e. The highest BCUT2D eigenvalue weighted by atomic mass is 32.2. The lowest BCUT2D eigenvalue weighted by molar-refractivity contribution is -0.143. The summed E-state index contributed by atoms with van der Waals surface area (Å²) >= 11 is 0. The zero-order valence-electron chi connectivity index (χ0n) is 15.6. The van der Waals surface area contributed by atoms with E-state index < -0.39 is 82.6 Å². The molecule has 0 saturated heterocycles. The van der Waals surface area contributed by atoms with Crippen LogP contribution in [-0.4, -0.2) is 25.9 Å². The Kier molecular flexibility index (Phi) is 5.98. The number of halogens is 7. The summed E-state index contributed by atoms with van der Waals surface area (Å²) in [6, 6.07) is 3.81. The van der Waals surface area contributed by atoms with E-state index >= 15 is 0 Å². The van der Waals surface area contributed by atoms with Crippen molar-refractivity contribution in [3.8, 4) is 0 Å². The summed E-state index contributed by atoms with van der Waals surface area (Å²) < 4.78 is 159. The monoisotopic (exact) mass is 518 g/mol. The Bertz CT molecular complexity index is 1480. The topological polar surface area (TPSA) is 109 Å². The molecule has 0 spiro atoms. The standard InChI is InChI=1S/C18H9F7O6S2/c19-14-12(15(20)17(22)13(16(14)21)18(23,24)25)6-8-5-10(33(29,30)31)4-7-3-9(32(26,27)28)1-2-11(7)8/h1-5H,6H2,(H,26,27,28)(H,29,30,31). The second kappa shape index (κ2) is 7.93. The van der Waals surface area contributed by atoms with Gasteiger partial charge in [-0.15, -0.1) is 0 Å². The Morgan fingerprint density at radius 2 is 1.21 bits per heavy atom. The summed E-state index contributed by atoms with van der Waals surface area (Å²) in [5.74, 6) is -10.2. The summed E-state index contributed by atoms with van der Waals surface area (Å²) in [4.78, 5) is -1.68. The summed E-state index contributed by atoms with van der Waals surface area (Å²) in [6.45, 7) is 0. The molecule has 6 nitrogen and oxygen atoms in total. The lowest BCUT2D eigenvalue weighted by Gasteiger charge is -2.15. The lowest BCUT2D eigenvalue weighted by atomic mass is 9.96. The fourth-order valence-electron chi connectivity index (χ4n) is 3.12. The number of benzene rings is 3. The first-order chi connectivity index (χ1) is 14.9. The van der Waals surface area contributed by atoms with Gasteiger partial charge in [0.05, 0.1) is 9.79 Å². The Hall–Kier alpha value is -2.75. The molecule has 0 aliphatic heterocycles. The van der Waals surface area contributed by atoms with E-state index in [1.54, 1.807) is 0 Å².